The van der Waals surface area contributed by atoms with E-state index in [4.69, 9.17) is 0 Å². The Morgan fingerprint density at radius 1 is 1.28 bits per heavy atom. The predicted octanol–water partition coefficient (Wildman–Crippen LogP) is 3.63. The van der Waals surface area contributed by atoms with E-state index in [2.05, 4.69) is 22.2 Å². The smallest absolute Gasteiger partial charge is 0.278 e. The van der Waals surface area contributed by atoms with Gasteiger partial charge in [0.1, 0.15) is 5.52 Å². The van der Waals surface area contributed by atoms with Crippen LogP contribution in [0, 0.1) is 6.92 Å². The van der Waals surface area contributed by atoms with Gasteiger partial charge >= 0.3 is 0 Å². The van der Waals surface area contributed by atoms with Crippen LogP contribution in [0.15, 0.2) is 40.3 Å². The number of nitrogens with zero attached hydrogens (tertiary/aromatic N) is 3. The highest BCUT2D eigenvalue weighted by Crippen LogP contribution is 2.20. The summed E-state index contributed by atoms with van der Waals surface area (Å²) in [4.78, 5) is 35.0. The fourth-order valence-corrected chi connectivity index (χ4v) is 3.83. The van der Waals surface area contributed by atoms with Gasteiger partial charge in [-0.3, -0.25) is 14.2 Å². The number of aryl methyl sites for hydroxylation is 1. The van der Waals surface area contributed by atoms with Crippen molar-refractivity contribution < 1.29 is 4.79 Å². The third-order valence-electron chi connectivity index (χ3n) is 4.57. The second-order valence-corrected chi connectivity index (χ2v) is 8.14. The summed E-state index contributed by atoms with van der Waals surface area (Å²) in [6.45, 7) is 4.57. The van der Waals surface area contributed by atoms with E-state index in [1.165, 1.54) is 11.8 Å². The highest BCUT2D eigenvalue weighted by Gasteiger charge is 2.15. The molecule has 0 spiro atoms. The summed E-state index contributed by atoms with van der Waals surface area (Å²) in [5, 5.41) is 3.47. The van der Waals surface area contributed by atoms with Crippen molar-refractivity contribution in [2.24, 2.45) is 0 Å². The molecule has 2 aromatic heterocycles. The number of carbonyl (C=O) groups is 1. The number of aromatic amines is 1. The Morgan fingerprint density at radius 2 is 2.00 bits per heavy atom. The van der Waals surface area contributed by atoms with Crippen molar-refractivity contribution >= 4 is 40.1 Å². The number of nitrogens with one attached hydrogen (secondary N) is 2. The second kappa shape index (κ2) is 9.17. The highest BCUT2D eigenvalue weighted by molar-refractivity contribution is 7.99. The Hall–Kier alpha value is -2.74. The lowest BCUT2D eigenvalue weighted by Gasteiger charge is -2.13. The lowest BCUT2D eigenvalue weighted by atomic mass is 10.2. The van der Waals surface area contributed by atoms with E-state index in [-0.39, 0.29) is 17.2 Å². The number of H-pyrrole nitrogens is 1. The molecule has 0 fully saturated rings. The molecule has 2 N–H and O–H groups in total. The molecule has 0 saturated heterocycles. The minimum Gasteiger partial charge on any atom is -0.378 e. The number of fused-ring (bicyclic) bond motifs is 1. The van der Waals surface area contributed by atoms with Crippen LogP contribution in [0.3, 0.4) is 0 Å². The molecule has 154 valence electrons. The van der Waals surface area contributed by atoms with Crippen LogP contribution in [-0.2, 0) is 11.3 Å². The summed E-state index contributed by atoms with van der Waals surface area (Å²) < 4.78 is 1.67. The zero-order chi connectivity index (χ0) is 21.0. The first kappa shape index (κ1) is 21.0. The van der Waals surface area contributed by atoms with E-state index in [1.54, 1.807) is 4.57 Å². The number of amides is 1. The zero-order valence-electron chi connectivity index (χ0n) is 17.3. The number of hydrogen-bond acceptors (Lipinski definition) is 5. The molecule has 0 aliphatic heterocycles. The van der Waals surface area contributed by atoms with Gasteiger partial charge in [-0.1, -0.05) is 25.1 Å². The van der Waals surface area contributed by atoms with Gasteiger partial charge < -0.3 is 15.2 Å². The highest BCUT2D eigenvalue weighted by atomic mass is 32.2. The van der Waals surface area contributed by atoms with Crippen LogP contribution in [-0.4, -0.2) is 40.3 Å². The quantitative estimate of drug-likeness (QED) is 0.435. The van der Waals surface area contributed by atoms with Gasteiger partial charge in [0.05, 0.1) is 11.3 Å². The fraction of sp³-hybridized carbons (Fsp3) is 0.381. The van der Waals surface area contributed by atoms with Gasteiger partial charge in [0.15, 0.2) is 5.16 Å². The minimum absolute atomic E-state index is 0.0845. The topological polar surface area (TPSA) is 83.0 Å². The molecule has 8 heteroatoms. The molecule has 1 amide bonds. The summed E-state index contributed by atoms with van der Waals surface area (Å²) in [7, 11) is 3.94. The lowest BCUT2D eigenvalue weighted by molar-refractivity contribution is -0.113. The van der Waals surface area contributed by atoms with Crippen molar-refractivity contribution in [2.75, 3.05) is 30.1 Å². The molecule has 0 atom stereocenters. The third-order valence-corrected chi connectivity index (χ3v) is 5.55. The molecule has 0 unspecified atom stereocenters. The van der Waals surface area contributed by atoms with Gasteiger partial charge in [-0.2, -0.15) is 0 Å². The average Bonchev–Trinajstić information content (AvgIpc) is 3.07. The summed E-state index contributed by atoms with van der Waals surface area (Å²) >= 11 is 1.29. The van der Waals surface area contributed by atoms with Crippen LogP contribution in [0.1, 0.15) is 25.5 Å². The summed E-state index contributed by atoms with van der Waals surface area (Å²) in [6.07, 6.45) is 1.85. The van der Waals surface area contributed by atoms with Gasteiger partial charge in [-0.25, -0.2) is 4.98 Å². The molecule has 0 aliphatic rings. The van der Waals surface area contributed by atoms with Crippen molar-refractivity contribution in [1.82, 2.24) is 14.5 Å². The van der Waals surface area contributed by atoms with E-state index in [0.717, 1.165) is 29.9 Å². The Balaban J connectivity index is 1.74. The SMILES string of the molecule is CCCCn1c(SCC(=O)Nc2ccc(N(C)C)cc2)nc2cc(C)[nH]c2c1=O. The number of benzene rings is 1. The van der Waals surface area contributed by atoms with E-state index < -0.39 is 0 Å². The standard InChI is InChI=1S/C21H27N5O2S/c1-5-6-11-26-20(28)19-17(12-14(2)22-19)24-21(26)29-13-18(27)23-15-7-9-16(10-8-15)25(3)4/h7-10,12,22H,5-6,11,13H2,1-4H3,(H,23,27). The molecule has 0 saturated carbocycles. The summed E-state index contributed by atoms with van der Waals surface area (Å²) in [6, 6.07) is 9.52. The van der Waals surface area contributed by atoms with E-state index >= 15 is 0 Å². The van der Waals surface area contributed by atoms with Crippen LogP contribution in [0.4, 0.5) is 11.4 Å². The van der Waals surface area contributed by atoms with Crippen molar-refractivity contribution in [3.8, 4) is 0 Å². The monoisotopic (exact) mass is 413 g/mol. The maximum Gasteiger partial charge on any atom is 0.278 e. The molecule has 29 heavy (non-hydrogen) atoms. The average molecular weight is 414 g/mol. The molecule has 0 bridgehead atoms. The van der Waals surface area contributed by atoms with Gasteiger partial charge in [0.25, 0.3) is 5.56 Å². The number of hydrogen-bond donors (Lipinski definition) is 2. The molecule has 3 rings (SSSR count). The molecule has 3 aromatic rings. The molecular weight excluding hydrogens is 386 g/mol. The van der Waals surface area contributed by atoms with Crippen LogP contribution >= 0.6 is 11.8 Å². The molecule has 7 nitrogen and oxygen atoms in total. The van der Waals surface area contributed by atoms with Crippen LogP contribution in [0.5, 0.6) is 0 Å². The number of aromatic nitrogens is 3. The number of thioether (sulfide) groups is 1. The lowest BCUT2D eigenvalue weighted by Crippen LogP contribution is -2.24. The number of carbonyl (C=O) groups excluding carboxylic acids is 1. The Morgan fingerprint density at radius 3 is 2.66 bits per heavy atom. The molecule has 0 radical (unpaired) electrons. The van der Waals surface area contributed by atoms with Crippen LogP contribution in [0.2, 0.25) is 0 Å². The first-order valence-electron chi connectivity index (χ1n) is 9.69. The predicted molar refractivity (Wildman–Crippen MR) is 120 cm³/mol. The Kier molecular flexibility index (Phi) is 6.64. The fourth-order valence-electron chi connectivity index (χ4n) is 3.00. The van der Waals surface area contributed by atoms with Gasteiger partial charge in [0.2, 0.25) is 5.91 Å². The molecule has 2 heterocycles. The maximum absolute atomic E-state index is 12.9. The summed E-state index contributed by atoms with van der Waals surface area (Å²) in [5.74, 6) is 0.0531. The third kappa shape index (κ3) is 5.00. The molecule has 1 aromatic carbocycles. The van der Waals surface area contributed by atoms with Crippen molar-refractivity contribution in [3.05, 3.63) is 46.4 Å². The number of anilines is 2. The Labute approximate surface area is 174 Å². The second-order valence-electron chi connectivity index (χ2n) is 7.20. The number of unbranched alkanes of at least 4 members (excludes halogenated alkanes) is 1. The summed E-state index contributed by atoms with van der Waals surface area (Å²) in [5.41, 5.74) is 3.79. The van der Waals surface area contributed by atoms with Gasteiger partial charge in [-0.05, 0) is 43.7 Å². The normalized spacial score (nSPS) is 11.0. The van der Waals surface area contributed by atoms with Crippen LogP contribution in [0.25, 0.3) is 11.0 Å². The van der Waals surface area contributed by atoms with Crippen LogP contribution < -0.4 is 15.8 Å². The first-order valence-corrected chi connectivity index (χ1v) is 10.7. The molecule has 0 aliphatic carbocycles. The van der Waals surface area contributed by atoms with Gasteiger partial charge in [0, 0.05) is 37.7 Å². The number of rotatable bonds is 8. The van der Waals surface area contributed by atoms with E-state index in [1.807, 2.05) is 56.3 Å². The van der Waals surface area contributed by atoms with Crippen molar-refractivity contribution in [1.29, 1.82) is 0 Å². The van der Waals surface area contributed by atoms with E-state index in [0.29, 0.717) is 22.7 Å². The Bertz CT molecular complexity index is 1050. The molecular formula is C21H27N5O2S. The minimum atomic E-state index is -0.130. The zero-order valence-corrected chi connectivity index (χ0v) is 18.1. The van der Waals surface area contributed by atoms with E-state index in [9.17, 15) is 9.59 Å². The van der Waals surface area contributed by atoms with Crippen molar-refractivity contribution in [2.45, 2.75) is 38.4 Å². The largest absolute Gasteiger partial charge is 0.378 e. The maximum atomic E-state index is 12.9. The first-order chi connectivity index (χ1) is 13.9. The van der Waals surface area contributed by atoms with Gasteiger partial charge in [-0.15, -0.1) is 0 Å². The van der Waals surface area contributed by atoms with Crippen molar-refractivity contribution in [3.63, 3.8) is 0 Å².